The van der Waals surface area contributed by atoms with Crippen molar-refractivity contribution in [1.82, 2.24) is 15.5 Å². The van der Waals surface area contributed by atoms with Crippen molar-refractivity contribution in [2.24, 2.45) is 0 Å². The number of nitrogens with one attached hydrogen (secondary N) is 2. The average Bonchev–Trinajstić information content (AvgIpc) is 2.48. The Kier molecular flexibility index (Phi) is 5.02. The molecule has 2 aliphatic rings. The third kappa shape index (κ3) is 3.51. The predicted octanol–water partition coefficient (Wildman–Crippen LogP) is 1.04. The molecule has 0 spiro atoms. The van der Waals surface area contributed by atoms with Crippen molar-refractivity contribution in [1.29, 1.82) is 0 Å². The van der Waals surface area contributed by atoms with Gasteiger partial charge in [0.05, 0.1) is 5.54 Å². The summed E-state index contributed by atoms with van der Waals surface area (Å²) in [5.41, 5.74) is -0.377. The van der Waals surface area contributed by atoms with Crippen LogP contribution in [0.1, 0.15) is 52.4 Å². The summed E-state index contributed by atoms with van der Waals surface area (Å²) < 4.78 is 0. The molecule has 0 aromatic heterocycles. The highest BCUT2D eigenvalue weighted by Gasteiger charge is 2.38. The Morgan fingerprint density at radius 1 is 1.30 bits per heavy atom. The van der Waals surface area contributed by atoms with Crippen molar-refractivity contribution in [3.05, 3.63) is 0 Å². The first-order chi connectivity index (χ1) is 9.55. The first kappa shape index (κ1) is 15.3. The average molecular weight is 281 g/mol. The second kappa shape index (κ2) is 6.57. The monoisotopic (exact) mass is 281 g/mol. The van der Waals surface area contributed by atoms with Crippen LogP contribution in [0, 0.1) is 0 Å². The van der Waals surface area contributed by atoms with Gasteiger partial charge >= 0.3 is 0 Å². The number of carbonyl (C=O) groups excluding carboxylic acids is 2. The van der Waals surface area contributed by atoms with Crippen LogP contribution in [0.5, 0.6) is 0 Å². The number of rotatable bonds is 3. The Morgan fingerprint density at radius 3 is 2.55 bits per heavy atom. The summed E-state index contributed by atoms with van der Waals surface area (Å²) in [6.07, 6.45) is 5.48. The van der Waals surface area contributed by atoms with E-state index in [0.29, 0.717) is 6.42 Å². The quantitative estimate of drug-likeness (QED) is 0.812. The van der Waals surface area contributed by atoms with Crippen molar-refractivity contribution < 1.29 is 9.59 Å². The minimum absolute atomic E-state index is 0.107. The van der Waals surface area contributed by atoms with Gasteiger partial charge in [-0.15, -0.1) is 0 Å². The Labute approximate surface area is 121 Å². The van der Waals surface area contributed by atoms with Gasteiger partial charge < -0.3 is 15.5 Å². The molecule has 2 saturated heterocycles. The highest BCUT2D eigenvalue weighted by Crippen LogP contribution is 2.23. The van der Waals surface area contributed by atoms with Gasteiger partial charge in [0, 0.05) is 25.6 Å². The summed E-state index contributed by atoms with van der Waals surface area (Å²) >= 11 is 0. The maximum atomic E-state index is 12.6. The molecule has 20 heavy (non-hydrogen) atoms. The van der Waals surface area contributed by atoms with E-state index in [0.717, 1.165) is 51.7 Å². The van der Waals surface area contributed by atoms with E-state index >= 15 is 0 Å². The molecule has 2 fully saturated rings. The second-order valence-corrected chi connectivity index (χ2v) is 6.20. The fraction of sp³-hybridized carbons (Fsp3) is 0.867. The molecule has 0 bridgehead atoms. The Morgan fingerprint density at radius 2 is 2.00 bits per heavy atom. The number of piperidine rings is 2. The van der Waals surface area contributed by atoms with E-state index in [2.05, 4.69) is 10.6 Å². The third-order valence-electron chi connectivity index (χ3n) is 4.56. The van der Waals surface area contributed by atoms with E-state index in [9.17, 15) is 9.59 Å². The summed E-state index contributed by atoms with van der Waals surface area (Å²) in [6, 6.07) is 0.235. The van der Waals surface area contributed by atoms with Crippen LogP contribution in [0.2, 0.25) is 0 Å². The highest BCUT2D eigenvalue weighted by atomic mass is 16.2. The molecule has 5 heteroatoms. The van der Waals surface area contributed by atoms with Crippen molar-refractivity contribution in [3.63, 3.8) is 0 Å². The van der Waals surface area contributed by atoms with E-state index in [4.69, 9.17) is 0 Å². The zero-order valence-electron chi connectivity index (χ0n) is 12.7. The molecule has 1 unspecified atom stereocenters. The first-order valence-corrected chi connectivity index (χ1v) is 7.89. The standard InChI is InChI=1S/C15H27N3O2/c1-3-13(19)17-12-6-10-18(11-7-12)14(20)15(2)8-4-5-9-16-15/h12,16H,3-11H2,1-2H3,(H,17,19). The van der Waals surface area contributed by atoms with Crippen molar-refractivity contribution in [2.75, 3.05) is 19.6 Å². The lowest BCUT2D eigenvalue weighted by Gasteiger charge is -2.40. The summed E-state index contributed by atoms with van der Waals surface area (Å²) in [4.78, 5) is 26.0. The van der Waals surface area contributed by atoms with Crippen LogP contribution in [-0.2, 0) is 9.59 Å². The normalized spacial score (nSPS) is 28.2. The van der Waals surface area contributed by atoms with E-state index in [-0.39, 0.29) is 23.4 Å². The molecule has 5 nitrogen and oxygen atoms in total. The molecule has 0 saturated carbocycles. The zero-order valence-corrected chi connectivity index (χ0v) is 12.7. The van der Waals surface area contributed by atoms with Gasteiger partial charge in [-0.2, -0.15) is 0 Å². The van der Waals surface area contributed by atoms with Gasteiger partial charge in [-0.25, -0.2) is 0 Å². The van der Waals surface area contributed by atoms with Crippen LogP contribution in [0.4, 0.5) is 0 Å². The largest absolute Gasteiger partial charge is 0.353 e. The van der Waals surface area contributed by atoms with Gasteiger partial charge in [-0.1, -0.05) is 6.92 Å². The zero-order chi connectivity index (χ0) is 14.6. The fourth-order valence-electron chi connectivity index (χ4n) is 3.14. The van der Waals surface area contributed by atoms with Crippen molar-refractivity contribution in [3.8, 4) is 0 Å². The number of hydrogen-bond acceptors (Lipinski definition) is 3. The molecule has 0 radical (unpaired) electrons. The van der Waals surface area contributed by atoms with Crippen LogP contribution in [-0.4, -0.2) is 47.9 Å². The van der Waals surface area contributed by atoms with E-state index < -0.39 is 0 Å². The van der Waals surface area contributed by atoms with Crippen molar-refractivity contribution >= 4 is 11.8 Å². The molecule has 2 amide bonds. The molecule has 114 valence electrons. The summed E-state index contributed by atoms with van der Waals surface area (Å²) in [5.74, 6) is 0.341. The lowest BCUT2D eigenvalue weighted by molar-refractivity contribution is -0.140. The van der Waals surface area contributed by atoms with Gasteiger partial charge in [0.15, 0.2) is 0 Å². The van der Waals surface area contributed by atoms with Gasteiger partial charge in [-0.05, 0) is 45.6 Å². The summed E-state index contributed by atoms with van der Waals surface area (Å²) in [7, 11) is 0. The van der Waals surface area contributed by atoms with E-state index in [1.54, 1.807) is 0 Å². The van der Waals surface area contributed by atoms with Crippen LogP contribution in [0.25, 0.3) is 0 Å². The smallest absolute Gasteiger partial charge is 0.242 e. The number of hydrogen-bond donors (Lipinski definition) is 2. The fourth-order valence-corrected chi connectivity index (χ4v) is 3.14. The van der Waals surface area contributed by atoms with Crippen LogP contribution in [0.15, 0.2) is 0 Å². The van der Waals surface area contributed by atoms with E-state index in [1.165, 1.54) is 0 Å². The molecule has 2 rings (SSSR count). The lowest BCUT2D eigenvalue weighted by atomic mass is 9.88. The minimum atomic E-state index is -0.377. The minimum Gasteiger partial charge on any atom is -0.353 e. The summed E-state index contributed by atoms with van der Waals surface area (Å²) in [5, 5.41) is 6.41. The molecule has 0 aromatic rings. The molecule has 2 heterocycles. The third-order valence-corrected chi connectivity index (χ3v) is 4.56. The Hall–Kier alpha value is -1.10. The number of nitrogens with zero attached hydrogens (tertiary/aromatic N) is 1. The maximum Gasteiger partial charge on any atom is 0.242 e. The number of amides is 2. The van der Waals surface area contributed by atoms with E-state index in [1.807, 2.05) is 18.7 Å². The van der Waals surface area contributed by atoms with Crippen LogP contribution >= 0.6 is 0 Å². The Bertz CT molecular complexity index is 356. The Balaban J connectivity index is 1.84. The molecule has 0 aliphatic carbocycles. The predicted molar refractivity (Wildman–Crippen MR) is 78.3 cm³/mol. The van der Waals surface area contributed by atoms with Gasteiger partial charge in [-0.3, -0.25) is 9.59 Å². The first-order valence-electron chi connectivity index (χ1n) is 7.89. The van der Waals surface area contributed by atoms with Gasteiger partial charge in [0.2, 0.25) is 11.8 Å². The van der Waals surface area contributed by atoms with Crippen molar-refractivity contribution in [2.45, 2.75) is 64.0 Å². The molecule has 2 aliphatic heterocycles. The van der Waals surface area contributed by atoms with Crippen LogP contribution < -0.4 is 10.6 Å². The van der Waals surface area contributed by atoms with Crippen LogP contribution in [0.3, 0.4) is 0 Å². The second-order valence-electron chi connectivity index (χ2n) is 6.20. The number of likely N-dealkylation sites (tertiary alicyclic amines) is 1. The topological polar surface area (TPSA) is 61.4 Å². The SMILES string of the molecule is CCC(=O)NC1CCN(C(=O)C2(C)CCCCN2)CC1. The maximum absolute atomic E-state index is 12.6. The van der Waals surface area contributed by atoms with Gasteiger partial charge in [0.1, 0.15) is 0 Å². The van der Waals surface area contributed by atoms with Gasteiger partial charge in [0.25, 0.3) is 0 Å². The highest BCUT2D eigenvalue weighted by molar-refractivity contribution is 5.86. The molecular formula is C15H27N3O2. The molecule has 2 N–H and O–H groups in total. The molecule has 0 aromatic carbocycles. The number of carbonyl (C=O) groups is 2. The summed E-state index contributed by atoms with van der Waals surface area (Å²) in [6.45, 7) is 6.34. The lowest BCUT2D eigenvalue weighted by Crippen LogP contribution is -2.60. The molecular weight excluding hydrogens is 254 g/mol. The molecule has 1 atom stereocenters.